The van der Waals surface area contributed by atoms with Gasteiger partial charge in [-0.1, -0.05) is 24.6 Å². The lowest BCUT2D eigenvalue weighted by Crippen LogP contribution is -2.51. The van der Waals surface area contributed by atoms with Gasteiger partial charge in [0.15, 0.2) is 0 Å². The summed E-state index contributed by atoms with van der Waals surface area (Å²) in [4.78, 5) is 14.3. The van der Waals surface area contributed by atoms with E-state index in [1.54, 1.807) is 18.2 Å². The number of anilines is 1. The molecule has 6 atom stereocenters. The van der Waals surface area contributed by atoms with E-state index < -0.39 is 16.0 Å². The standard InChI is InChI=1S/C32H41ClN2O7S/c1-20-17-41-30(15-29(20)40-11-12-43(34,38)39)25-7-4-23(25)16-35-18-32(10-2-3-21-13-24(33)6-8-26(21)32)19-42-28-9-5-22(31(36)37)14-27(28)35/h5-6,8-9,13-14,20,23,25,29-30H,2-4,7,10-12,15-19H2,1H3,(H,36,37)(H2,34,38,39)/t20-,23-,25+,29+,30-,32-/m0/s1. The Morgan fingerprint density at radius 2 is 2.07 bits per heavy atom. The summed E-state index contributed by atoms with van der Waals surface area (Å²) in [7, 11) is -3.57. The minimum Gasteiger partial charge on any atom is -0.490 e. The summed E-state index contributed by atoms with van der Waals surface area (Å²) in [6, 6.07) is 11.4. The third-order valence-electron chi connectivity index (χ3n) is 10.1. The van der Waals surface area contributed by atoms with Crippen molar-refractivity contribution < 1.29 is 32.5 Å². The van der Waals surface area contributed by atoms with Crippen LogP contribution >= 0.6 is 11.6 Å². The molecule has 11 heteroatoms. The molecule has 2 aromatic carbocycles. The lowest BCUT2D eigenvalue weighted by Gasteiger charge is -2.48. The topological polar surface area (TPSA) is 128 Å². The van der Waals surface area contributed by atoms with E-state index in [0.29, 0.717) is 37.2 Å². The molecule has 2 aromatic rings. The van der Waals surface area contributed by atoms with Gasteiger partial charge in [0.1, 0.15) is 5.75 Å². The average Bonchev–Trinajstić information content (AvgIpc) is 3.09. The number of sulfonamides is 1. The molecule has 2 aliphatic carbocycles. The Labute approximate surface area is 258 Å². The molecule has 2 fully saturated rings. The van der Waals surface area contributed by atoms with Gasteiger partial charge < -0.3 is 24.2 Å². The smallest absolute Gasteiger partial charge is 0.335 e. The van der Waals surface area contributed by atoms with Crippen LogP contribution in [0.4, 0.5) is 5.69 Å². The number of benzene rings is 2. The minimum atomic E-state index is -3.57. The zero-order chi connectivity index (χ0) is 30.4. The van der Waals surface area contributed by atoms with Crippen LogP contribution in [0.3, 0.4) is 0 Å². The highest BCUT2D eigenvalue weighted by molar-refractivity contribution is 7.89. The first kappa shape index (κ1) is 30.6. The van der Waals surface area contributed by atoms with Gasteiger partial charge in [-0.15, -0.1) is 0 Å². The fourth-order valence-corrected chi connectivity index (χ4v) is 8.12. The number of aryl methyl sites for hydroxylation is 1. The first-order valence-corrected chi connectivity index (χ1v) is 17.4. The third-order valence-corrected chi connectivity index (χ3v) is 11.0. The van der Waals surface area contributed by atoms with Gasteiger partial charge in [0.2, 0.25) is 10.0 Å². The van der Waals surface area contributed by atoms with Gasteiger partial charge in [-0.25, -0.2) is 18.4 Å². The van der Waals surface area contributed by atoms with Crippen LogP contribution in [0.25, 0.3) is 0 Å². The van der Waals surface area contributed by atoms with Crippen molar-refractivity contribution in [1.82, 2.24) is 0 Å². The number of nitrogens with two attached hydrogens (primary N) is 1. The van der Waals surface area contributed by atoms with Crippen LogP contribution in [0, 0.1) is 17.8 Å². The number of hydrogen-bond acceptors (Lipinski definition) is 7. The van der Waals surface area contributed by atoms with E-state index >= 15 is 0 Å². The molecule has 1 saturated carbocycles. The molecule has 0 unspecified atom stereocenters. The fourth-order valence-electron chi connectivity index (χ4n) is 7.60. The molecular weight excluding hydrogens is 592 g/mol. The molecule has 2 heterocycles. The molecule has 9 nitrogen and oxygen atoms in total. The third kappa shape index (κ3) is 6.54. The summed E-state index contributed by atoms with van der Waals surface area (Å²) < 4.78 is 41.6. The summed E-state index contributed by atoms with van der Waals surface area (Å²) in [6.45, 7) is 4.73. The maximum absolute atomic E-state index is 12.0. The van der Waals surface area contributed by atoms with E-state index in [9.17, 15) is 18.3 Å². The van der Waals surface area contributed by atoms with Gasteiger partial charge >= 0.3 is 5.97 Å². The maximum Gasteiger partial charge on any atom is 0.335 e. The van der Waals surface area contributed by atoms with Crippen LogP contribution in [-0.4, -0.2) is 70.4 Å². The van der Waals surface area contributed by atoms with E-state index in [1.807, 2.05) is 6.07 Å². The van der Waals surface area contributed by atoms with Crippen LogP contribution in [0.2, 0.25) is 5.02 Å². The molecule has 0 bridgehead atoms. The molecule has 4 aliphatic rings. The molecule has 2 aliphatic heterocycles. The molecule has 0 radical (unpaired) electrons. The molecule has 43 heavy (non-hydrogen) atoms. The summed E-state index contributed by atoms with van der Waals surface area (Å²) >= 11 is 6.39. The number of primary sulfonamides is 1. The second kappa shape index (κ2) is 12.2. The predicted molar refractivity (Wildman–Crippen MR) is 165 cm³/mol. The number of hydrogen-bond donors (Lipinski definition) is 2. The van der Waals surface area contributed by atoms with Crippen molar-refractivity contribution in [3.05, 3.63) is 58.1 Å². The van der Waals surface area contributed by atoms with Crippen LogP contribution in [0.1, 0.15) is 60.5 Å². The molecule has 6 rings (SSSR count). The lowest BCUT2D eigenvalue weighted by atomic mass is 9.67. The summed E-state index contributed by atoms with van der Waals surface area (Å²) in [5, 5.41) is 15.7. The molecule has 234 valence electrons. The Balaban J connectivity index is 1.24. The molecule has 0 amide bonds. The number of halogens is 1. The first-order valence-electron chi connectivity index (χ1n) is 15.3. The summed E-state index contributed by atoms with van der Waals surface area (Å²) in [5.74, 6) is 0.413. The zero-order valence-corrected chi connectivity index (χ0v) is 26.1. The van der Waals surface area contributed by atoms with E-state index in [2.05, 4.69) is 24.0 Å². The number of rotatable bonds is 8. The Kier molecular flexibility index (Phi) is 8.69. The highest BCUT2D eigenvalue weighted by Crippen LogP contribution is 2.47. The van der Waals surface area contributed by atoms with Gasteiger partial charge in [-0.05, 0) is 85.4 Å². The quantitative estimate of drug-likeness (QED) is 0.431. The highest BCUT2D eigenvalue weighted by Gasteiger charge is 2.46. The zero-order valence-electron chi connectivity index (χ0n) is 24.5. The van der Waals surface area contributed by atoms with Crippen molar-refractivity contribution in [2.24, 2.45) is 22.9 Å². The number of nitrogens with zero attached hydrogens (tertiary/aromatic N) is 1. The number of ether oxygens (including phenoxy) is 3. The molecular formula is C32H41ClN2O7S. The predicted octanol–water partition coefficient (Wildman–Crippen LogP) is 4.64. The van der Waals surface area contributed by atoms with Gasteiger partial charge in [-0.2, -0.15) is 0 Å². The van der Waals surface area contributed by atoms with Crippen molar-refractivity contribution in [2.75, 3.05) is 43.6 Å². The number of carboxylic acids is 1. The van der Waals surface area contributed by atoms with Crippen LogP contribution in [0.5, 0.6) is 5.75 Å². The molecule has 1 saturated heterocycles. The fraction of sp³-hybridized carbons (Fsp3) is 0.594. The van der Waals surface area contributed by atoms with E-state index in [4.69, 9.17) is 31.0 Å². The van der Waals surface area contributed by atoms with Gasteiger partial charge in [0.05, 0.1) is 49.0 Å². The van der Waals surface area contributed by atoms with Gasteiger partial charge in [-0.3, -0.25) is 0 Å². The Hall–Kier alpha value is -2.37. The Morgan fingerprint density at radius 3 is 2.81 bits per heavy atom. The van der Waals surface area contributed by atoms with Crippen molar-refractivity contribution in [2.45, 2.75) is 63.1 Å². The minimum absolute atomic E-state index is 0.0222. The summed E-state index contributed by atoms with van der Waals surface area (Å²) in [5.41, 5.74) is 3.37. The Morgan fingerprint density at radius 1 is 1.23 bits per heavy atom. The number of carbonyl (C=O) groups is 1. The molecule has 0 aromatic heterocycles. The number of fused-ring (bicyclic) bond motifs is 3. The van der Waals surface area contributed by atoms with Crippen LogP contribution in [-0.2, 0) is 31.3 Å². The van der Waals surface area contributed by atoms with Crippen molar-refractivity contribution >= 4 is 33.3 Å². The Bertz CT molecular complexity index is 1470. The largest absolute Gasteiger partial charge is 0.490 e. The SMILES string of the molecule is C[C@H]1CO[C@H]([C@@H]2CC[C@H]2CN2C[C@@]3(CCCc4cc(Cl)ccc43)COc3ccc(C(=O)O)cc32)C[C@H]1OCCS(N)(=O)=O. The normalized spacial score (nSPS) is 30.5. The van der Waals surface area contributed by atoms with Crippen LogP contribution < -0.4 is 14.8 Å². The molecule has 3 N–H and O–H groups in total. The van der Waals surface area contributed by atoms with Gasteiger partial charge in [0, 0.05) is 35.9 Å². The van der Waals surface area contributed by atoms with Crippen molar-refractivity contribution in [3.63, 3.8) is 0 Å². The highest BCUT2D eigenvalue weighted by atomic mass is 35.5. The van der Waals surface area contributed by atoms with Crippen molar-refractivity contribution in [1.29, 1.82) is 0 Å². The average molecular weight is 633 g/mol. The number of carboxylic acid groups (broad SMARTS) is 1. The van der Waals surface area contributed by atoms with E-state index in [0.717, 1.165) is 55.9 Å². The van der Waals surface area contributed by atoms with E-state index in [-0.39, 0.29) is 41.5 Å². The van der Waals surface area contributed by atoms with Gasteiger partial charge in [0.25, 0.3) is 0 Å². The monoisotopic (exact) mass is 632 g/mol. The maximum atomic E-state index is 12.0. The summed E-state index contributed by atoms with van der Waals surface area (Å²) in [6.07, 6.45) is 5.76. The second-order valence-corrected chi connectivity index (χ2v) is 15.1. The van der Waals surface area contributed by atoms with Crippen molar-refractivity contribution in [3.8, 4) is 5.75 Å². The van der Waals surface area contributed by atoms with Crippen LogP contribution in [0.15, 0.2) is 36.4 Å². The number of aromatic carboxylic acids is 1. The van der Waals surface area contributed by atoms with E-state index in [1.165, 1.54) is 11.1 Å². The second-order valence-electron chi connectivity index (χ2n) is 13.0. The lowest BCUT2D eigenvalue weighted by molar-refractivity contribution is -0.139. The molecule has 1 spiro atoms. The first-order chi connectivity index (χ1) is 20.5.